The zero-order valence-corrected chi connectivity index (χ0v) is 17.1. The topological polar surface area (TPSA) is 79.5 Å². The Hall–Kier alpha value is -2.36. The van der Waals surface area contributed by atoms with Gasteiger partial charge in [-0.15, -0.1) is 0 Å². The molecule has 1 saturated heterocycles. The average molecular weight is 456 g/mol. The van der Waals surface area contributed by atoms with Crippen molar-refractivity contribution < 1.29 is 27.5 Å². The third-order valence-electron chi connectivity index (χ3n) is 5.65. The molecule has 0 radical (unpaired) electrons. The van der Waals surface area contributed by atoms with Crippen LogP contribution >= 0.6 is 11.6 Å². The van der Waals surface area contributed by atoms with Crippen molar-refractivity contribution in [3.8, 4) is 0 Å². The Morgan fingerprint density at radius 2 is 1.87 bits per heavy atom. The van der Waals surface area contributed by atoms with Crippen LogP contribution in [0.25, 0.3) is 0 Å². The fourth-order valence-electron chi connectivity index (χ4n) is 4.10. The van der Waals surface area contributed by atoms with Crippen LogP contribution in [0.1, 0.15) is 18.4 Å². The van der Waals surface area contributed by atoms with Gasteiger partial charge < -0.3 is 15.4 Å². The van der Waals surface area contributed by atoms with Crippen LogP contribution in [0.3, 0.4) is 0 Å². The predicted octanol–water partition coefficient (Wildman–Crippen LogP) is 2.35. The van der Waals surface area contributed by atoms with E-state index in [-0.39, 0.29) is 23.8 Å². The minimum Gasteiger partial charge on any atom is -0.369 e. The van der Waals surface area contributed by atoms with Crippen LogP contribution in [0, 0.1) is 0 Å². The number of allylic oxidation sites excluding steroid dienone is 2. The lowest BCUT2D eigenvalue weighted by molar-refractivity contribution is -0.141. The molecule has 0 spiro atoms. The maximum atomic E-state index is 16.6. The van der Waals surface area contributed by atoms with Gasteiger partial charge in [-0.1, -0.05) is 42.0 Å². The summed E-state index contributed by atoms with van der Waals surface area (Å²) in [6.45, 7) is -0.260. The molecule has 1 aromatic carbocycles. The van der Waals surface area contributed by atoms with Crippen molar-refractivity contribution in [3.63, 3.8) is 0 Å². The van der Waals surface area contributed by atoms with Crippen molar-refractivity contribution in [2.75, 3.05) is 13.2 Å². The first-order valence-electron chi connectivity index (χ1n) is 9.80. The van der Waals surface area contributed by atoms with Gasteiger partial charge in [-0.3, -0.25) is 14.9 Å². The zero-order valence-electron chi connectivity index (χ0n) is 16.3. The lowest BCUT2D eigenvalue weighted by Gasteiger charge is -2.49. The molecule has 1 heterocycles. The van der Waals surface area contributed by atoms with Gasteiger partial charge in [0.2, 0.25) is 17.6 Å². The van der Waals surface area contributed by atoms with Crippen LogP contribution in [-0.4, -0.2) is 48.8 Å². The van der Waals surface area contributed by atoms with Crippen molar-refractivity contribution in [2.24, 2.45) is 0 Å². The van der Waals surface area contributed by atoms with E-state index >= 15 is 4.39 Å². The molecule has 2 unspecified atom stereocenters. The number of hydrogen-bond donors (Lipinski definition) is 3. The van der Waals surface area contributed by atoms with Gasteiger partial charge in [-0.05, 0) is 18.2 Å². The quantitative estimate of drug-likeness (QED) is 0.595. The molecule has 166 valence electrons. The molecule has 0 aromatic heterocycles. The van der Waals surface area contributed by atoms with Crippen molar-refractivity contribution in [3.05, 3.63) is 59.2 Å². The van der Waals surface area contributed by atoms with Gasteiger partial charge in [0.15, 0.2) is 0 Å². The molecule has 2 aliphatic carbocycles. The largest absolute Gasteiger partial charge is 0.369 e. The van der Waals surface area contributed by atoms with E-state index in [9.17, 15) is 18.4 Å². The summed E-state index contributed by atoms with van der Waals surface area (Å²) in [6, 6.07) is 4.53. The molecule has 0 bridgehead atoms. The van der Waals surface area contributed by atoms with E-state index in [1.807, 2.05) is 0 Å². The number of nitrogens with one attached hydrogen (secondary N) is 3. The second-order valence-corrected chi connectivity index (χ2v) is 8.35. The maximum absolute atomic E-state index is 16.6. The van der Waals surface area contributed by atoms with E-state index < -0.39 is 54.0 Å². The van der Waals surface area contributed by atoms with E-state index in [1.54, 1.807) is 24.3 Å². The number of halogens is 4. The van der Waals surface area contributed by atoms with E-state index in [0.717, 1.165) is 0 Å². The first kappa shape index (κ1) is 21.9. The number of ether oxygens (including phenoxy) is 1. The van der Waals surface area contributed by atoms with Crippen LogP contribution < -0.4 is 16.0 Å². The van der Waals surface area contributed by atoms with Crippen molar-refractivity contribution >= 4 is 23.4 Å². The smallest absolute Gasteiger partial charge is 0.251 e. The number of amides is 2. The van der Waals surface area contributed by atoms with E-state index in [1.165, 1.54) is 24.3 Å². The number of morpholine rings is 1. The standard InChI is InChI=1S/C21H21ClF3N3O3/c22-15-6-2-1-5-14(15)20(28-18(30)16-11-31-12-17(29)26-16)7-3-4-8-21(20,25)27-13-9-19(23,24)10-13/h1-8,13,16,27H,9-12H2,(H,26,29)(H,28,30)/t16?,20-,21?/m0/s1. The first-order chi connectivity index (χ1) is 14.6. The zero-order chi connectivity index (χ0) is 22.3. The fourth-order valence-corrected chi connectivity index (χ4v) is 4.38. The summed E-state index contributed by atoms with van der Waals surface area (Å²) >= 11 is 6.38. The van der Waals surface area contributed by atoms with Crippen LogP contribution in [-0.2, 0) is 19.9 Å². The summed E-state index contributed by atoms with van der Waals surface area (Å²) in [4.78, 5) is 24.7. The molecule has 10 heteroatoms. The van der Waals surface area contributed by atoms with Gasteiger partial charge in [-0.25, -0.2) is 13.2 Å². The second-order valence-electron chi connectivity index (χ2n) is 7.95. The van der Waals surface area contributed by atoms with Crippen molar-refractivity contribution in [1.82, 2.24) is 16.0 Å². The minimum atomic E-state index is -2.86. The lowest BCUT2D eigenvalue weighted by Crippen LogP contribution is -2.70. The Morgan fingerprint density at radius 3 is 2.55 bits per heavy atom. The van der Waals surface area contributed by atoms with Gasteiger partial charge >= 0.3 is 0 Å². The summed E-state index contributed by atoms with van der Waals surface area (Å²) in [5.74, 6) is -6.50. The molecule has 2 amide bonds. The minimum absolute atomic E-state index is 0.0860. The second kappa shape index (κ2) is 7.96. The lowest BCUT2D eigenvalue weighted by atomic mass is 9.75. The highest BCUT2D eigenvalue weighted by molar-refractivity contribution is 6.31. The first-order valence-corrected chi connectivity index (χ1v) is 10.2. The van der Waals surface area contributed by atoms with Crippen LogP contribution in [0.15, 0.2) is 48.6 Å². The van der Waals surface area contributed by atoms with Crippen LogP contribution in [0.5, 0.6) is 0 Å². The van der Waals surface area contributed by atoms with Gasteiger partial charge in [0, 0.05) is 29.5 Å². The van der Waals surface area contributed by atoms with Crippen molar-refractivity contribution in [1.29, 1.82) is 0 Å². The average Bonchev–Trinajstić information content (AvgIpc) is 2.69. The molecule has 1 aromatic rings. The summed E-state index contributed by atoms with van der Waals surface area (Å²) in [6.07, 6.45) is 4.51. The molecule has 1 saturated carbocycles. The van der Waals surface area contributed by atoms with Gasteiger partial charge in [0.1, 0.15) is 18.2 Å². The van der Waals surface area contributed by atoms with Gasteiger partial charge in [-0.2, -0.15) is 0 Å². The van der Waals surface area contributed by atoms with E-state index in [0.29, 0.717) is 0 Å². The summed E-state index contributed by atoms with van der Waals surface area (Å²) in [5.41, 5.74) is -1.63. The highest BCUT2D eigenvalue weighted by atomic mass is 35.5. The fraction of sp³-hybridized carbons (Fsp3) is 0.429. The highest BCUT2D eigenvalue weighted by Gasteiger charge is 2.57. The molecule has 3 atom stereocenters. The van der Waals surface area contributed by atoms with Crippen LogP contribution in [0.2, 0.25) is 5.02 Å². The number of benzene rings is 1. The summed E-state index contributed by atoms with van der Waals surface area (Å²) in [5, 5.41) is 7.98. The van der Waals surface area contributed by atoms with Gasteiger partial charge in [0.05, 0.1) is 6.61 Å². The molecular weight excluding hydrogens is 435 g/mol. The Bertz CT molecular complexity index is 949. The molecular formula is C21H21ClF3N3O3. The van der Waals surface area contributed by atoms with Crippen LogP contribution in [0.4, 0.5) is 13.2 Å². The van der Waals surface area contributed by atoms with Crippen molar-refractivity contribution in [2.45, 2.75) is 42.2 Å². The van der Waals surface area contributed by atoms with Gasteiger partial charge in [0.25, 0.3) is 5.92 Å². The predicted molar refractivity (Wildman–Crippen MR) is 107 cm³/mol. The molecule has 2 fully saturated rings. The molecule has 4 rings (SSSR count). The molecule has 3 aliphatic rings. The Labute approximate surface area is 181 Å². The molecule has 31 heavy (non-hydrogen) atoms. The molecule has 1 aliphatic heterocycles. The summed E-state index contributed by atoms with van der Waals surface area (Å²) in [7, 11) is 0. The maximum Gasteiger partial charge on any atom is 0.251 e. The third kappa shape index (κ3) is 4.09. The Balaban J connectivity index is 1.71. The van der Waals surface area contributed by atoms with E-state index in [2.05, 4.69) is 16.0 Å². The Kier molecular flexibility index (Phi) is 5.61. The SMILES string of the molecule is O=C1COCC(C(=O)N[C@]2(c3ccccc3Cl)C=CC=CC2(F)NC2CC(F)(F)C2)N1. The number of hydrogen-bond acceptors (Lipinski definition) is 4. The molecule has 6 nitrogen and oxygen atoms in total. The molecule has 3 N–H and O–H groups in total. The number of carbonyl (C=O) groups excluding carboxylic acids is 2. The number of rotatable bonds is 5. The number of alkyl halides is 3. The Morgan fingerprint density at radius 1 is 1.16 bits per heavy atom. The highest BCUT2D eigenvalue weighted by Crippen LogP contribution is 2.45. The third-order valence-corrected chi connectivity index (χ3v) is 5.98. The van der Waals surface area contributed by atoms with E-state index in [4.69, 9.17) is 16.3 Å². The monoisotopic (exact) mass is 455 g/mol. The summed E-state index contributed by atoms with van der Waals surface area (Å²) < 4.78 is 48.5. The number of carbonyl (C=O) groups is 2. The normalized spacial score (nSPS) is 32.3.